The van der Waals surface area contributed by atoms with E-state index in [0.29, 0.717) is 0 Å². The molecule has 0 fully saturated rings. The van der Waals surface area contributed by atoms with Crippen molar-refractivity contribution >= 4 is 11.9 Å². The second kappa shape index (κ2) is 4.98. The third-order valence-corrected chi connectivity index (χ3v) is 1.47. The highest BCUT2D eigenvalue weighted by Crippen LogP contribution is 2.16. The monoisotopic (exact) mass is 177 g/mol. The average molecular weight is 177 g/mol. The Morgan fingerprint density at radius 2 is 2.00 bits per heavy atom. The van der Waals surface area contributed by atoms with Crippen LogP contribution in [0.5, 0.6) is 5.75 Å². The molecule has 0 atom stereocenters. The normalized spacial score (nSPS) is 11.2. The summed E-state index contributed by atoms with van der Waals surface area (Å²) in [5.74, 6) is 0.802. The molecular formula is C10H11NO2. The summed E-state index contributed by atoms with van der Waals surface area (Å²) in [6.07, 6.45) is 3.90. The molecule has 0 saturated heterocycles. The third kappa shape index (κ3) is 2.99. The van der Waals surface area contributed by atoms with E-state index in [4.69, 9.17) is 9.84 Å². The quantitative estimate of drug-likeness (QED) is 0.569. The summed E-state index contributed by atoms with van der Waals surface area (Å²) in [4.78, 5) is 4.04. The van der Waals surface area contributed by atoms with Gasteiger partial charge < -0.3 is 9.84 Å². The smallest absolute Gasteiger partial charge is 0.119 e. The van der Waals surface area contributed by atoms with Gasteiger partial charge in [-0.25, -0.2) is 0 Å². The van der Waals surface area contributed by atoms with Crippen molar-refractivity contribution in [2.75, 3.05) is 7.11 Å². The van der Waals surface area contributed by atoms with Crippen molar-refractivity contribution in [3.63, 3.8) is 0 Å². The van der Waals surface area contributed by atoms with Gasteiger partial charge in [0.05, 0.1) is 19.1 Å². The Morgan fingerprint density at radius 1 is 1.31 bits per heavy atom. The highest BCUT2D eigenvalue weighted by molar-refractivity contribution is 5.74. The molecule has 0 radical (unpaired) electrons. The van der Waals surface area contributed by atoms with Crippen LogP contribution in [-0.2, 0) is 0 Å². The maximum absolute atomic E-state index is 8.33. The second-order valence-corrected chi connectivity index (χ2v) is 2.32. The standard InChI is InChI=1S/C10H11NO2/c1-13-10-5-3-9(4-6-10)11-7-2-8-12/h2-8,12H,1H3/b8-2+,11-7+. The van der Waals surface area contributed by atoms with Gasteiger partial charge in [0, 0.05) is 6.21 Å². The number of hydrogen-bond donors (Lipinski definition) is 1. The maximum Gasteiger partial charge on any atom is 0.119 e. The van der Waals surface area contributed by atoms with Crippen molar-refractivity contribution in [3.8, 4) is 5.75 Å². The highest BCUT2D eigenvalue weighted by Gasteiger charge is 1.89. The van der Waals surface area contributed by atoms with Gasteiger partial charge in [-0.05, 0) is 30.3 Å². The van der Waals surface area contributed by atoms with Gasteiger partial charge in [0.25, 0.3) is 0 Å². The van der Waals surface area contributed by atoms with E-state index in [1.54, 1.807) is 7.11 Å². The van der Waals surface area contributed by atoms with Gasteiger partial charge in [-0.2, -0.15) is 0 Å². The van der Waals surface area contributed by atoms with E-state index in [1.807, 2.05) is 24.3 Å². The molecule has 1 N–H and O–H groups in total. The third-order valence-electron chi connectivity index (χ3n) is 1.47. The Balaban J connectivity index is 2.69. The Morgan fingerprint density at radius 3 is 2.54 bits per heavy atom. The number of methoxy groups -OCH3 is 1. The van der Waals surface area contributed by atoms with Gasteiger partial charge >= 0.3 is 0 Å². The molecule has 3 nitrogen and oxygen atoms in total. The molecule has 0 unspecified atom stereocenters. The predicted octanol–water partition coefficient (Wildman–Crippen LogP) is 2.47. The minimum atomic E-state index is 0.802. The van der Waals surface area contributed by atoms with Crippen molar-refractivity contribution in [1.29, 1.82) is 0 Å². The van der Waals surface area contributed by atoms with Crippen molar-refractivity contribution < 1.29 is 9.84 Å². The summed E-state index contributed by atoms with van der Waals surface area (Å²) in [6, 6.07) is 7.33. The molecule has 0 amide bonds. The number of hydrogen-bond acceptors (Lipinski definition) is 3. The molecule has 3 heteroatoms. The molecule has 0 aliphatic carbocycles. The maximum atomic E-state index is 8.33. The van der Waals surface area contributed by atoms with Gasteiger partial charge in [0.1, 0.15) is 5.75 Å². The van der Waals surface area contributed by atoms with Crippen LogP contribution in [0.1, 0.15) is 0 Å². The van der Waals surface area contributed by atoms with Gasteiger partial charge in [-0.1, -0.05) is 0 Å². The Labute approximate surface area is 77.0 Å². The first kappa shape index (κ1) is 9.32. The zero-order chi connectivity index (χ0) is 9.52. The molecule has 0 spiro atoms. The predicted molar refractivity (Wildman–Crippen MR) is 52.9 cm³/mol. The Bertz CT molecular complexity index is 301. The van der Waals surface area contributed by atoms with Gasteiger partial charge in [0.2, 0.25) is 0 Å². The van der Waals surface area contributed by atoms with Crippen LogP contribution in [0.2, 0.25) is 0 Å². The largest absolute Gasteiger partial charge is 0.516 e. The first-order valence-corrected chi connectivity index (χ1v) is 3.84. The van der Waals surface area contributed by atoms with E-state index < -0.39 is 0 Å². The average Bonchev–Trinajstić information content (AvgIpc) is 2.19. The summed E-state index contributed by atoms with van der Waals surface area (Å²) in [5, 5.41) is 8.33. The molecule has 0 aromatic heterocycles. The molecule has 0 aliphatic rings. The van der Waals surface area contributed by atoms with Crippen LogP contribution in [0.4, 0.5) is 5.69 Å². The summed E-state index contributed by atoms with van der Waals surface area (Å²) >= 11 is 0. The molecule has 0 heterocycles. The van der Waals surface area contributed by atoms with Gasteiger partial charge in [-0.15, -0.1) is 0 Å². The molecule has 0 aliphatic heterocycles. The summed E-state index contributed by atoms with van der Waals surface area (Å²) < 4.78 is 4.99. The molecule has 13 heavy (non-hydrogen) atoms. The van der Waals surface area contributed by atoms with Crippen LogP contribution in [0.3, 0.4) is 0 Å². The molecule has 1 aromatic carbocycles. The lowest BCUT2D eigenvalue weighted by molar-refractivity contribution is 0.415. The van der Waals surface area contributed by atoms with Gasteiger partial charge in [-0.3, -0.25) is 4.99 Å². The van der Waals surface area contributed by atoms with E-state index in [9.17, 15) is 0 Å². The van der Waals surface area contributed by atoms with Crippen LogP contribution in [0, 0.1) is 0 Å². The SMILES string of the molecule is COc1ccc(/N=C/C=C/O)cc1. The van der Waals surface area contributed by atoms with Crippen molar-refractivity contribution in [3.05, 3.63) is 36.6 Å². The number of aliphatic hydroxyl groups excluding tert-OH is 1. The molecule has 1 aromatic rings. The van der Waals surface area contributed by atoms with E-state index in [2.05, 4.69) is 4.99 Å². The number of allylic oxidation sites excluding steroid dienone is 1. The van der Waals surface area contributed by atoms with E-state index in [-0.39, 0.29) is 0 Å². The van der Waals surface area contributed by atoms with E-state index >= 15 is 0 Å². The van der Waals surface area contributed by atoms with Crippen molar-refractivity contribution in [1.82, 2.24) is 0 Å². The molecule has 1 rings (SSSR count). The summed E-state index contributed by atoms with van der Waals surface area (Å²) in [7, 11) is 1.62. The first-order chi connectivity index (χ1) is 6.36. The topological polar surface area (TPSA) is 41.8 Å². The number of aliphatic imine (C=N–C) groups is 1. The molecular weight excluding hydrogens is 166 g/mol. The number of benzene rings is 1. The minimum Gasteiger partial charge on any atom is -0.516 e. The second-order valence-electron chi connectivity index (χ2n) is 2.32. The number of rotatable bonds is 3. The lowest BCUT2D eigenvalue weighted by Crippen LogP contribution is -1.79. The number of aliphatic hydroxyl groups is 1. The van der Waals surface area contributed by atoms with Crippen LogP contribution in [0.25, 0.3) is 0 Å². The molecule has 0 bridgehead atoms. The summed E-state index contributed by atoms with van der Waals surface area (Å²) in [6.45, 7) is 0. The fourth-order valence-corrected chi connectivity index (χ4v) is 0.836. The highest BCUT2D eigenvalue weighted by atomic mass is 16.5. The summed E-state index contributed by atoms with van der Waals surface area (Å²) in [5.41, 5.74) is 0.818. The van der Waals surface area contributed by atoms with Gasteiger partial charge in [0.15, 0.2) is 0 Å². The Hall–Kier alpha value is -1.77. The van der Waals surface area contributed by atoms with Crippen LogP contribution in [-0.4, -0.2) is 18.4 Å². The Kier molecular flexibility index (Phi) is 3.57. The van der Waals surface area contributed by atoms with Crippen molar-refractivity contribution in [2.45, 2.75) is 0 Å². The number of ether oxygens (including phenoxy) is 1. The zero-order valence-corrected chi connectivity index (χ0v) is 7.34. The van der Waals surface area contributed by atoms with E-state index in [1.165, 1.54) is 12.3 Å². The lowest BCUT2D eigenvalue weighted by atomic mass is 10.3. The van der Waals surface area contributed by atoms with Crippen LogP contribution in [0.15, 0.2) is 41.6 Å². The van der Waals surface area contributed by atoms with Crippen molar-refractivity contribution in [2.24, 2.45) is 4.99 Å². The minimum absolute atomic E-state index is 0.802. The first-order valence-electron chi connectivity index (χ1n) is 3.84. The molecule has 0 saturated carbocycles. The lowest BCUT2D eigenvalue weighted by Gasteiger charge is -1.97. The van der Waals surface area contributed by atoms with Crippen LogP contribution >= 0.6 is 0 Å². The molecule has 68 valence electrons. The zero-order valence-electron chi connectivity index (χ0n) is 7.34. The fraction of sp³-hybridized carbons (Fsp3) is 0.100. The van der Waals surface area contributed by atoms with E-state index in [0.717, 1.165) is 17.7 Å². The van der Waals surface area contributed by atoms with Crippen LogP contribution < -0.4 is 4.74 Å². The number of nitrogens with zero attached hydrogens (tertiary/aromatic N) is 1. The fourth-order valence-electron chi connectivity index (χ4n) is 0.836.